The van der Waals surface area contributed by atoms with Gasteiger partial charge in [0.05, 0.1) is 40.5 Å². The number of nitrogens with two attached hydrogens (primary N) is 1. The van der Waals surface area contributed by atoms with Crippen LogP contribution >= 0.6 is 0 Å². The minimum absolute atomic E-state index is 0.157. The summed E-state index contributed by atoms with van der Waals surface area (Å²) in [6, 6.07) is 52.9. The summed E-state index contributed by atoms with van der Waals surface area (Å²) in [6.07, 6.45) is 2.76. The summed E-state index contributed by atoms with van der Waals surface area (Å²) >= 11 is 0. The van der Waals surface area contributed by atoms with Crippen LogP contribution < -0.4 is 5.73 Å². The van der Waals surface area contributed by atoms with Crippen LogP contribution in [0.25, 0.3) is 49.3 Å². The maximum absolute atomic E-state index is 6.97. The van der Waals surface area contributed by atoms with Crippen molar-refractivity contribution in [3.05, 3.63) is 163 Å². The number of aromatic nitrogens is 2. The third-order valence-electron chi connectivity index (χ3n) is 8.78. The van der Waals surface area contributed by atoms with Gasteiger partial charge >= 0.3 is 0 Å². The Morgan fingerprint density at radius 2 is 1.09 bits per heavy atom. The summed E-state index contributed by atoms with van der Waals surface area (Å²) in [7, 11) is 0. The molecule has 2 unspecified atom stereocenters. The first-order valence-electron chi connectivity index (χ1n) is 15.2. The van der Waals surface area contributed by atoms with Gasteiger partial charge < -0.3 is 10.3 Å². The lowest BCUT2D eigenvalue weighted by atomic mass is 9.95. The zero-order chi connectivity index (χ0) is 29.5. The highest BCUT2D eigenvalue weighted by molar-refractivity contribution is 6.24. The Kier molecular flexibility index (Phi) is 6.55. The maximum atomic E-state index is 6.97. The van der Waals surface area contributed by atoms with Crippen molar-refractivity contribution in [2.75, 3.05) is 0 Å². The second kappa shape index (κ2) is 11.0. The average molecular weight is 569 g/mol. The summed E-state index contributed by atoms with van der Waals surface area (Å²) in [5.74, 6) is 0. The van der Waals surface area contributed by atoms with Crippen LogP contribution in [0, 0.1) is 0 Å². The van der Waals surface area contributed by atoms with Crippen molar-refractivity contribution in [2.45, 2.75) is 18.5 Å². The smallest absolute Gasteiger partial charge is 0.0945 e. The SMILES string of the molecule is NC(c1ccccc1)C(Cc1ccccc1)/N=C/n1c2ccccc2c2ccc3c4ccccc4n(-c4ccccc4)c3c21. The van der Waals surface area contributed by atoms with Gasteiger partial charge in [-0.15, -0.1) is 0 Å². The zero-order valence-electron chi connectivity index (χ0n) is 24.3. The van der Waals surface area contributed by atoms with Gasteiger partial charge in [-0.2, -0.15) is 0 Å². The first-order valence-corrected chi connectivity index (χ1v) is 15.2. The van der Waals surface area contributed by atoms with E-state index in [4.69, 9.17) is 10.7 Å². The lowest BCUT2D eigenvalue weighted by molar-refractivity contribution is 0.547. The van der Waals surface area contributed by atoms with Crippen molar-refractivity contribution in [3.8, 4) is 5.69 Å². The fourth-order valence-corrected chi connectivity index (χ4v) is 6.68. The lowest BCUT2D eigenvalue weighted by Crippen LogP contribution is -2.27. The van der Waals surface area contributed by atoms with E-state index in [-0.39, 0.29) is 12.1 Å². The van der Waals surface area contributed by atoms with E-state index in [9.17, 15) is 0 Å². The molecule has 2 atom stereocenters. The molecule has 4 nitrogen and oxygen atoms in total. The Labute approximate surface area is 256 Å². The monoisotopic (exact) mass is 568 g/mol. The molecule has 0 spiro atoms. The third kappa shape index (κ3) is 4.39. The van der Waals surface area contributed by atoms with Crippen molar-refractivity contribution in [2.24, 2.45) is 10.7 Å². The minimum Gasteiger partial charge on any atom is -0.322 e. The first kappa shape index (κ1) is 26.2. The quantitative estimate of drug-likeness (QED) is 0.151. The number of fused-ring (bicyclic) bond motifs is 7. The lowest BCUT2D eigenvalue weighted by Gasteiger charge is -2.21. The zero-order valence-corrected chi connectivity index (χ0v) is 24.3. The van der Waals surface area contributed by atoms with Gasteiger partial charge in [-0.3, -0.25) is 9.56 Å². The Hall–Kier alpha value is -5.45. The molecule has 0 aliphatic rings. The molecule has 44 heavy (non-hydrogen) atoms. The fourth-order valence-electron chi connectivity index (χ4n) is 6.68. The van der Waals surface area contributed by atoms with Crippen LogP contribution in [0.15, 0.2) is 157 Å². The van der Waals surface area contributed by atoms with Crippen LogP contribution in [0.1, 0.15) is 17.2 Å². The topological polar surface area (TPSA) is 48.2 Å². The summed E-state index contributed by atoms with van der Waals surface area (Å²) < 4.78 is 4.68. The standard InChI is InChI=1S/C40H32N4/c41-38(29-16-6-2-7-17-29)35(26-28-14-4-1-5-15-28)42-27-43-36-22-12-10-20-31(36)33-24-25-34-32-21-11-13-23-37(32)44(40(34)39(33)43)30-18-8-3-9-19-30/h1-25,27,35,38H,26,41H2/b42-27+. The number of hydrogen-bond donors (Lipinski definition) is 1. The molecule has 6 aromatic carbocycles. The van der Waals surface area contributed by atoms with Crippen molar-refractivity contribution in [1.29, 1.82) is 0 Å². The molecule has 2 N–H and O–H groups in total. The number of nitrogens with zero attached hydrogens (tertiary/aromatic N) is 3. The van der Waals surface area contributed by atoms with Gasteiger partial charge in [-0.05, 0) is 41.8 Å². The number of para-hydroxylation sites is 3. The Balaban J connectivity index is 1.40. The highest BCUT2D eigenvalue weighted by Crippen LogP contribution is 2.40. The molecule has 0 bridgehead atoms. The molecule has 0 aliphatic heterocycles. The Bertz CT molecular complexity index is 2260. The van der Waals surface area contributed by atoms with Gasteiger partial charge in [-0.1, -0.05) is 127 Å². The minimum atomic E-state index is -0.253. The van der Waals surface area contributed by atoms with Gasteiger partial charge in [0.25, 0.3) is 0 Å². The van der Waals surface area contributed by atoms with E-state index in [2.05, 4.69) is 137 Å². The molecule has 0 saturated heterocycles. The Morgan fingerprint density at radius 1 is 0.545 bits per heavy atom. The van der Waals surface area contributed by atoms with E-state index in [1.807, 2.05) is 30.6 Å². The maximum Gasteiger partial charge on any atom is 0.0945 e. The molecule has 2 heterocycles. The number of hydrogen-bond acceptors (Lipinski definition) is 2. The van der Waals surface area contributed by atoms with Crippen LogP contribution in [0.4, 0.5) is 0 Å². The summed E-state index contributed by atoms with van der Waals surface area (Å²) in [5.41, 5.74) is 15.0. The highest BCUT2D eigenvalue weighted by Gasteiger charge is 2.22. The normalized spacial score (nSPS) is 13.4. The summed E-state index contributed by atoms with van der Waals surface area (Å²) in [5, 5.41) is 4.85. The van der Waals surface area contributed by atoms with Crippen molar-refractivity contribution >= 4 is 50.0 Å². The Morgan fingerprint density at radius 3 is 1.80 bits per heavy atom. The fraction of sp³-hybridized carbons (Fsp3) is 0.0750. The first-order chi connectivity index (χ1) is 21.8. The second-order valence-electron chi connectivity index (χ2n) is 11.4. The van der Waals surface area contributed by atoms with Crippen LogP contribution in [0.3, 0.4) is 0 Å². The van der Waals surface area contributed by atoms with Crippen LogP contribution in [0.5, 0.6) is 0 Å². The molecule has 8 aromatic rings. The van der Waals surface area contributed by atoms with Crippen molar-refractivity contribution in [1.82, 2.24) is 9.13 Å². The number of rotatable bonds is 7. The van der Waals surface area contributed by atoms with E-state index < -0.39 is 0 Å². The van der Waals surface area contributed by atoms with Crippen molar-refractivity contribution < 1.29 is 0 Å². The van der Waals surface area contributed by atoms with Crippen LogP contribution in [-0.4, -0.2) is 21.5 Å². The molecule has 4 heteroatoms. The van der Waals surface area contributed by atoms with E-state index >= 15 is 0 Å². The molecule has 212 valence electrons. The van der Waals surface area contributed by atoms with Gasteiger partial charge in [0, 0.05) is 27.2 Å². The van der Waals surface area contributed by atoms with E-state index in [1.54, 1.807) is 0 Å². The molecule has 8 rings (SSSR count). The molecular formula is C40H32N4. The predicted octanol–water partition coefficient (Wildman–Crippen LogP) is 9.08. The van der Waals surface area contributed by atoms with Gasteiger partial charge in [0.15, 0.2) is 0 Å². The molecule has 0 aliphatic carbocycles. The number of aliphatic imine (C=N–C) groups is 1. The molecular weight excluding hydrogens is 536 g/mol. The third-order valence-corrected chi connectivity index (χ3v) is 8.78. The highest BCUT2D eigenvalue weighted by atomic mass is 15.1. The molecule has 0 saturated carbocycles. The van der Waals surface area contributed by atoms with Gasteiger partial charge in [0.1, 0.15) is 0 Å². The largest absolute Gasteiger partial charge is 0.322 e. The number of benzene rings is 6. The molecule has 2 aromatic heterocycles. The van der Waals surface area contributed by atoms with Crippen LogP contribution in [0.2, 0.25) is 0 Å². The van der Waals surface area contributed by atoms with E-state index in [0.717, 1.165) is 28.7 Å². The summed E-state index contributed by atoms with van der Waals surface area (Å²) in [6.45, 7) is 0. The van der Waals surface area contributed by atoms with E-state index in [1.165, 1.54) is 38.1 Å². The second-order valence-corrected chi connectivity index (χ2v) is 11.4. The van der Waals surface area contributed by atoms with Crippen LogP contribution in [-0.2, 0) is 6.42 Å². The predicted molar refractivity (Wildman–Crippen MR) is 185 cm³/mol. The molecule has 0 radical (unpaired) electrons. The summed E-state index contributed by atoms with van der Waals surface area (Å²) in [4.78, 5) is 5.30. The molecule has 0 fully saturated rings. The van der Waals surface area contributed by atoms with E-state index in [0.29, 0.717) is 0 Å². The van der Waals surface area contributed by atoms with Gasteiger partial charge in [-0.25, -0.2) is 0 Å². The average Bonchev–Trinajstić information content (AvgIpc) is 3.60. The van der Waals surface area contributed by atoms with Crippen molar-refractivity contribution in [3.63, 3.8) is 0 Å². The molecule has 0 amide bonds. The van der Waals surface area contributed by atoms with Gasteiger partial charge in [0.2, 0.25) is 0 Å².